The predicted octanol–water partition coefficient (Wildman–Crippen LogP) is 7.08. The third-order valence-corrected chi connectivity index (χ3v) is 7.05. The van der Waals surface area contributed by atoms with Crippen LogP contribution >= 0.6 is 0 Å². The van der Waals surface area contributed by atoms with Gasteiger partial charge in [-0.2, -0.15) is 0 Å². The summed E-state index contributed by atoms with van der Waals surface area (Å²) in [5.41, 5.74) is 8.52. The fraction of sp³-hybridized carbons (Fsp3) is 0.276. The number of hydrogen-bond donors (Lipinski definition) is 1. The first-order valence-electron chi connectivity index (χ1n) is 11.6. The van der Waals surface area contributed by atoms with Gasteiger partial charge in [-0.05, 0) is 63.6 Å². The smallest absolute Gasteiger partial charge is 0.275 e. The molecule has 0 aliphatic heterocycles. The van der Waals surface area contributed by atoms with Crippen molar-refractivity contribution in [2.24, 2.45) is 5.92 Å². The van der Waals surface area contributed by atoms with Crippen molar-refractivity contribution in [3.63, 3.8) is 0 Å². The maximum Gasteiger partial charge on any atom is 0.275 e. The number of anilines is 1. The van der Waals surface area contributed by atoms with E-state index >= 15 is 0 Å². The molecule has 0 aromatic heterocycles. The van der Waals surface area contributed by atoms with E-state index in [4.69, 9.17) is 0 Å². The van der Waals surface area contributed by atoms with E-state index in [1.807, 2.05) is 0 Å². The molecule has 0 amide bonds. The van der Waals surface area contributed by atoms with E-state index in [1.54, 1.807) is 19.1 Å². The number of hydrogen-bond acceptors (Lipinski definition) is 2. The summed E-state index contributed by atoms with van der Waals surface area (Å²) < 4.78 is 29.7. The van der Waals surface area contributed by atoms with Gasteiger partial charge in [0.2, 0.25) is 0 Å². The summed E-state index contributed by atoms with van der Waals surface area (Å²) in [5, 5.41) is 3.30. The largest absolute Gasteiger partial charge is 0.381 e. The lowest BCUT2D eigenvalue weighted by Gasteiger charge is -2.37. The van der Waals surface area contributed by atoms with Crippen molar-refractivity contribution in [2.75, 3.05) is 11.9 Å². The Morgan fingerprint density at radius 3 is 2.85 bits per heavy atom. The Labute approximate surface area is 193 Å². The monoisotopic (exact) mass is 443 g/mol. The van der Waals surface area contributed by atoms with Gasteiger partial charge in [0, 0.05) is 36.1 Å². The van der Waals surface area contributed by atoms with E-state index in [9.17, 15) is 13.6 Å². The molecule has 1 N–H and O–H groups in total. The SMILES string of the molecule is CCC(F)(F)c1cc(C(C)C=O)ccc1NCC1=C2C=CC=C3C=CC4=C(C(=C1)C=CC4)C32. The molecule has 2 unspecified atom stereocenters. The Kier molecular flexibility index (Phi) is 5.40. The molecule has 1 aromatic rings. The summed E-state index contributed by atoms with van der Waals surface area (Å²) >= 11 is 0. The number of halogens is 2. The zero-order valence-corrected chi connectivity index (χ0v) is 18.9. The lowest BCUT2D eigenvalue weighted by Crippen LogP contribution is -2.24. The molecule has 2 atom stereocenters. The molecule has 0 fully saturated rings. The van der Waals surface area contributed by atoms with Crippen LogP contribution in [0.3, 0.4) is 0 Å². The zero-order chi connectivity index (χ0) is 23.2. The number of aldehydes is 1. The second-order valence-electron chi connectivity index (χ2n) is 9.06. The van der Waals surface area contributed by atoms with Gasteiger partial charge in [0.15, 0.2) is 0 Å². The average Bonchev–Trinajstić information content (AvgIpc) is 2.85. The molecule has 4 heteroatoms. The zero-order valence-electron chi connectivity index (χ0n) is 18.9. The van der Waals surface area contributed by atoms with Gasteiger partial charge in [-0.1, -0.05) is 62.4 Å². The molecule has 2 nitrogen and oxygen atoms in total. The van der Waals surface area contributed by atoms with Gasteiger partial charge >= 0.3 is 0 Å². The summed E-state index contributed by atoms with van der Waals surface area (Å²) in [6.45, 7) is 3.65. The fourth-order valence-electron chi connectivity index (χ4n) is 5.12. The Morgan fingerprint density at radius 2 is 2.06 bits per heavy atom. The summed E-state index contributed by atoms with van der Waals surface area (Å²) in [6.07, 6.45) is 18.8. The van der Waals surface area contributed by atoms with E-state index in [0.717, 1.165) is 18.3 Å². The van der Waals surface area contributed by atoms with Crippen LogP contribution in [-0.2, 0) is 10.7 Å². The van der Waals surface area contributed by atoms with Crippen LogP contribution in [0.25, 0.3) is 0 Å². The van der Waals surface area contributed by atoms with Gasteiger partial charge in [-0.15, -0.1) is 0 Å². The molecule has 0 spiro atoms. The van der Waals surface area contributed by atoms with Crippen molar-refractivity contribution in [3.05, 3.63) is 111 Å². The van der Waals surface area contributed by atoms with E-state index in [0.29, 0.717) is 17.8 Å². The Morgan fingerprint density at radius 1 is 1.21 bits per heavy atom. The molecular formula is C29H27F2NO. The van der Waals surface area contributed by atoms with Crippen LogP contribution in [0.15, 0.2) is 100 Å². The minimum atomic E-state index is -2.98. The summed E-state index contributed by atoms with van der Waals surface area (Å²) in [7, 11) is 0. The van der Waals surface area contributed by atoms with Crippen molar-refractivity contribution in [3.8, 4) is 0 Å². The van der Waals surface area contributed by atoms with Crippen LogP contribution in [0, 0.1) is 5.92 Å². The molecule has 0 saturated carbocycles. The lowest BCUT2D eigenvalue weighted by atomic mass is 9.67. The lowest BCUT2D eigenvalue weighted by molar-refractivity contribution is -0.108. The van der Waals surface area contributed by atoms with Crippen molar-refractivity contribution in [1.82, 2.24) is 0 Å². The van der Waals surface area contributed by atoms with Crippen molar-refractivity contribution in [2.45, 2.75) is 38.5 Å². The van der Waals surface area contributed by atoms with Gasteiger partial charge in [-0.3, -0.25) is 0 Å². The number of carbonyl (C=O) groups is 1. The normalized spacial score (nSPS) is 21.5. The van der Waals surface area contributed by atoms with Crippen LogP contribution in [-0.4, -0.2) is 12.8 Å². The van der Waals surface area contributed by atoms with Crippen molar-refractivity contribution >= 4 is 12.0 Å². The molecule has 5 rings (SSSR count). The third-order valence-electron chi connectivity index (χ3n) is 7.05. The fourth-order valence-corrected chi connectivity index (χ4v) is 5.12. The molecule has 0 heterocycles. The van der Waals surface area contributed by atoms with Gasteiger partial charge in [0.25, 0.3) is 5.92 Å². The van der Waals surface area contributed by atoms with Crippen LogP contribution in [0.5, 0.6) is 0 Å². The maximum atomic E-state index is 14.9. The van der Waals surface area contributed by atoms with E-state index in [1.165, 1.54) is 40.9 Å². The highest BCUT2D eigenvalue weighted by Crippen LogP contribution is 2.48. The second-order valence-corrected chi connectivity index (χ2v) is 9.06. The number of rotatable bonds is 7. The number of alkyl halides is 2. The number of allylic oxidation sites excluding steroid dienone is 12. The quantitative estimate of drug-likeness (QED) is 0.456. The average molecular weight is 444 g/mol. The molecule has 1 aromatic carbocycles. The van der Waals surface area contributed by atoms with Gasteiger partial charge in [-0.25, -0.2) is 8.78 Å². The topological polar surface area (TPSA) is 29.1 Å². The highest BCUT2D eigenvalue weighted by atomic mass is 19.3. The van der Waals surface area contributed by atoms with Gasteiger partial charge in [0.05, 0.1) is 0 Å². The summed E-state index contributed by atoms with van der Waals surface area (Å²) in [6, 6.07) is 4.93. The first-order valence-corrected chi connectivity index (χ1v) is 11.6. The number of benzene rings is 1. The van der Waals surface area contributed by atoms with Crippen LogP contribution < -0.4 is 5.32 Å². The highest BCUT2D eigenvalue weighted by Gasteiger charge is 2.35. The first-order chi connectivity index (χ1) is 15.9. The first kappa shape index (κ1) is 21.6. The molecule has 4 aliphatic carbocycles. The molecular weight excluding hydrogens is 416 g/mol. The molecule has 4 aliphatic rings. The predicted molar refractivity (Wildman–Crippen MR) is 129 cm³/mol. The molecule has 0 bridgehead atoms. The van der Waals surface area contributed by atoms with Gasteiger partial charge < -0.3 is 10.1 Å². The number of nitrogens with one attached hydrogen (secondary N) is 1. The number of carbonyl (C=O) groups excluding carboxylic acids is 1. The molecule has 0 saturated heterocycles. The summed E-state index contributed by atoms with van der Waals surface area (Å²) in [5.74, 6) is -3.19. The Bertz CT molecular complexity index is 1240. The van der Waals surface area contributed by atoms with Crippen molar-refractivity contribution < 1.29 is 13.6 Å². The summed E-state index contributed by atoms with van der Waals surface area (Å²) in [4.78, 5) is 11.2. The van der Waals surface area contributed by atoms with E-state index in [2.05, 4.69) is 53.9 Å². The van der Waals surface area contributed by atoms with Crippen molar-refractivity contribution in [1.29, 1.82) is 0 Å². The minimum absolute atomic E-state index is 0.0499. The van der Waals surface area contributed by atoms with E-state index < -0.39 is 11.8 Å². The Balaban J connectivity index is 1.51. The molecule has 168 valence electrons. The highest BCUT2D eigenvalue weighted by molar-refractivity contribution is 5.70. The third kappa shape index (κ3) is 3.68. The minimum Gasteiger partial charge on any atom is -0.381 e. The molecule has 33 heavy (non-hydrogen) atoms. The van der Waals surface area contributed by atoms with Crippen LogP contribution in [0.4, 0.5) is 14.5 Å². The second kappa shape index (κ2) is 8.26. The van der Waals surface area contributed by atoms with Gasteiger partial charge in [0.1, 0.15) is 6.29 Å². The van der Waals surface area contributed by atoms with E-state index in [-0.39, 0.29) is 17.9 Å². The molecule has 0 radical (unpaired) electrons. The van der Waals surface area contributed by atoms with Crippen LogP contribution in [0.2, 0.25) is 0 Å². The Hall–Kier alpha value is -3.27. The maximum absolute atomic E-state index is 14.9. The standard InChI is InChI=1S/C29H27F2NO/c1-3-29(30,31)25-15-21(18(2)17-33)12-13-26(25)32-16-23-14-22-8-4-6-19-10-11-20-7-5-9-24(23)28(20)27(19)22/h4-5,7-15,17-18,28,32H,3,6,16H2,1-2H3. The van der Waals surface area contributed by atoms with Crippen LogP contribution in [0.1, 0.15) is 43.7 Å².